The Morgan fingerprint density at radius 2 is 1.48 bits per heavy atom. The molecule has 1 aliphatic rings. The van der Waals surface area contributed by atoms with Crippen molar-refractivity contribution in [1.82, 2.24) is 9.80 Å². The van der Waals surface area contributed by atoms with E-state index >= 15 is 0 Å². The Hall–Kier alpha value is -3.63. The molecular formula is C29H30N2O2. The van der Waals surface area contributed by atoms with Gasteiger partial charge in [-0.3, -0.25) is 9.69 Å². The molecule has 1 amide bonds. The summed E-state index contributed by atoms with van der Waals surface area (Å²) in [5.41, 5.74) is 3.30. The van der Waals surface area contributed by atoms with E-state index in [0.29, 0.717) is 6.61 Å². The molecule has 0 aliphatic carbocycles. The first-order valence-corrected chi connectivity index (χ1v) is 11.4. The van der Waals surface area contributed by atoms with Crippen LogP contribution in [0.3, 0.4) is 0 Å². The summed E-state index contributed by atoms with van der Waals surface area (Å²) in [6.45, 7) is 4.72. The first kappa shape index (κ1) is 22.6. The lowest BCUT2D eigenvalue weighted by atomic mass is 10.2. The first-order chi connectivity index (χ1) is 16.3. The fourth-order valence-corrected chi connectivity index (χ4v) is 3.77. The zero-order valence-corrected chi connectivity index (χ0v) is 18.8. The largest absolute Gasteiger partial charge is 0.489 e. The molecule has 0 unspecified atom stereocenters. The molecule has 4 rings (SSSR count). The van der Waals surface area contributed by atoms with E-state index in [2.05, 4.69) is 29.2 Å². The Bertz CT molecular complexity index is 1070. The van der Waals surface area contributed by atoms with Gasteiger partial charge in [0, 0.05) is 38.8 Å². The molecular weight excluding hydrogens is 408 g/mol. The molecule has 1 fully saturated rings. The average Bonchev–Trinajstić information content (AvgIpc) is 2.88. The van der Waals surface area contributed by atoms with Crippen LogP contribution in [0, 0.1) is 0 Å². The molecule has 3 aromatic rings. The predicted molar refractivity (Wildman–Crippen MR) is 135 cm³/mol. The van der Waals surface area contributed by atoms with Crippen LogP contribution >= 0.6 is 0 Å². The van der Waals surface area contributed by atoms with Gasteiger partial charge in [0.25, 0.3) is 0 Å². The zero-order valence-electron chi connectivity index (χ0n) is 18.8. The van der Waals surface area contributed by atoms with Crippen LogP contribution in [0.15, 0.2) is 97.1 Å². The fraction of sp³-hybridized carbons (Fsp3) is 0.207. The van der Waals surface area contributed by atoms with Crippen molar-refractivity contribution in [3.63, 3.8) is 0 Å². The first-order valence-electron chi connectivity index (χ1n) is 11.4. The van der Waals surface area contributed by atoms with E-state index in [9.17, 15) is 4.79 Å². The van der Waals surface area contributed by atoms with E-state index in [1.54, 1.807) is 6.08 Å². The van der Waals surface area contributed by atoms with E-state index in [0.717, 1.165) is 49.6 Å². The summed E-state index contributed by atoms with van der Waals surface area (Å²) >= 11 is 0. The second-order valence-electron chi connectivity index (χ2n) is 8.12. The zero-order chi connectivity index (χ0) is 22.7. The topological polar surface area (TPSA) is 32.8 Å². The summed E-state index contributed by atoms with van der Waals surface area (Å²) in [4.78, 5) is 16.9. The molecule has 3 aromatic carbocycles. The standard InChI is InChI=1S/C29H30N2O2/c32-29(31-21-19-30(20-22-31)18-8-14-25-9-3-1-4-10-25)17-16-26-13-7-15-28(23-26)33-24-27-11-5-2-6-12-27/h1-17,23H,18-22,24H2/b14-8+,17-16+. The number of hydrogen-bond donors (Lipinski definition) is 0. The van der Waals surface area contributed by atoms with Crippen LogP contribution in [0.2, 0.25) is 0 Å². The van der Waals surface area contributed by atoms with Gasteiger partial charge in [-0.25, -0.2) is 0 Å². The highest BCUT2D eigenvalue weighted by Crippen LogP contribution is 2.16. The number of amides is 1. The minimum Gasteiger partial charge on any atom is -0.489 e. The van der Waals surface area contributed by atoms with Gasteiger partial charge in [0.2, 0.25) is 5.91 Å². The number of nitrogens with zero attached hydrogens (tertiary/aromatic N) is 2. The monoisotopic (exact) mass is 438 g/mol. The van der Waals surface area contributed by atoms with Gasteiger partial charge in [-0.15, -0.1) is 0 Å². The molecule has 0 saturated carbocycles. The average molecular weight is 439 g/mol. The van der Waals surface area contributed by atoms with Crippen molar-refractivity contribution in [2.24, 2.45) is 0 Å². The Morgan fingerprint density at radius 3 is 2.24 bits per heavy atom. The smallest absolute Gasteiger partial charge is 0.246 e. The molecule has 1 saturated heterocycles. The molecule has 0 radical (unpaired) electrons. The molecule has 0 N–H and O–H groups in total. The molecule has 0 aromatic heterocycles. The summed E-state index contributed by atoms with van der Waals surface area (Å²) in [7, 11) is 0. The maximum absolute atomic E-state index is 12.6. The Morgan fingerprint density at radius 1 is 0.788 bits per heavy atom. The summed E-state index contributed by atoms with van der Waals surface area (Å²) in [5, 5.41) is 0. The van der Waals surface area contributed by atoms with Crippen molar-refractivity contribution in [2.45, 2.75) is 6.61 Å². The van der Waals surface area contributed by atoms with E-state index in [1.165, 1.54) is 5.56 Å². The van der Waals surface area contributed by atoms with Crippen LogP contribution < -0.4 is 4.74 Å². The minimum atomic E-state index is 0.0603. The molecule has 33 heavy (non-hydrogen) atoms. The lowest BCUT2D eigenvalue weighted by Gasteiger charge is -2.33. The van der Waals surface area contributed by atoms with Gasteiger partial charge in [-0.05, 0) is 34.9 Å². The summed E-state index contributed by atoms with van der Waals surface area (Å²) in [6.07, 6.45) is 7.88. The maximum Gasteiger partial charge on any atom is 0.246 e. The second kappa shape index (κ2) is 11.8. The quantitative estimate of drug-likeness (QED) is 0.457. The summed E-state index contributed by atoms with van der Waals surface area (Å²) < 4.78 is 5.89. The highest BCUT2D eigenvalue weighted by molar-refractivity contribution is 5.91. The number of carbonyl (C=O) groups is 1. The molecule has 0 spiro atoms. The van der Waals surface area contributed by atoms with Gasteiger partial charge >= 0.3 is 0 Å². The summed E-state index contributed by atoms with van der Waals surface area (Å²) in [6, 6.07) is 28.2. The number of hydrogen-bond acceptors (Lipinski definition) is 3. The van der Waals surface area contributed by atoms with Crippen molar-refractivity contribution in [3.8, 4) is 5.75 Å². The molecule has 1 aliphatic heterocycles. The van der Waals surface area contributed by atoms with E-state index in [1.807, 2.05) is 83.8 Å². The van der Waals surface area contributed by atoms with Gasteiger partial charge in [0.1, 0.15) is 12.4 Å². The third-order valence-electron chi connectivity index (χ3n) is 5.68. The fourth-order valence-electron chi connectivity index (χ4n) is 3.77. The molecule has 168 valence electrons. The van der Waals surface area contributed by atoms with Crippen LogP contribution in [0.5, 0.6) is 5.75 Å². The number of piperazine rings is 1. The van der Waals surface area contributed by atoms with Crippen molar-refractivity contribution < 1.29 is 9.53 Å². The van der Waals surface area contributed by atoms with E-state index in [4.69, 9.17) is 4.74 Å². The molecule has 0 bridgehead atoms. The SMILES string of the molecule is O=C(/C=C/c1cccc(OCc2ccccc2)c1)N1CCN(C/C=C/c2ccccc2)CC1. The summed E-state index contributed by atoms with van der Waals surface area (Å²) in [5.74, 6) is 0.857. The Labute approximate surface area is 196 Å². The lowest BCUT2D eigenvalue weighted by Crippen LogP contribution is -2.48. The predicted octanol–water partition coefficient (Wildman–Crippen LogP) is 5.14. The normalized spacial score (nSPS) is 14.7. The highest BCUT2D eigenvalue weighted by Gasteiger charge is 2.18. The Kier molecular flexibility index (Phi) is 8.09. The van der Waals surface area contributed by atoms with Crippen LogP contribution in [-0.2, 0) is 11.4 Å². The van der Waals surface area contributed by atoms with Crippen LogP contribution in [0.25, 0.3) is 12.2 Å². The second-order valence-corrected chi connectivity index (χ2v) is 8.12. The van der Waals surface area contributed by atoms with Crippen LogP contribution in [0.4, 0.5) is 0 Å². The third-order valence-corrected chi connectivity index (χ3v) is 5.68. The van der Waals surface area contributed by atoms with E-state index < -0.39 is 0 Å². The third kappa shape index (κ3) is 7.19. The van der Waals surface area contributed by atoms with Crippen molar-refractivity contribution >= 4 is 18.1 Å². The van der Waals surface area contributed by atoms with Gasteiger partial charge in [-0.1, -0.05) is 84.9 Å². The number of ether oxygens (including phenoxy) is 1. The van der Waals surface area contributed by atoms with Crippen LogP contribution in [-0.4, -0.2) is 48.4 Å². The number of rotatable bonds is 8. The lowest BCUT2D eigenvalue weighted by molar-refractivity contribution is -0.127. The van der Waals surface area contributed by atoms with Crippen LogP contribution in [0.1, 0.15) is 16.7 Å². The van der Waals surface area contributed by atoms with Crippen molar-refractivity contribution in [1.29, 1.82) is 0 Å². The van der Waals surface area contributed by atoms with Gasteiger partial charge in [0.05, 0.1) is 0 Å². The Balaban J connectivity index is 1.22. The number of carbonyl (C=O) groups excluding carboxylic acids is 1. The van der Waals surface area contributed by atoms with E-state index in [-0.39, 0.29) is 5.91 Å². The molecule has 4 nitrogen and oxygen atoms in total. The minimum absolute atomic E-state index is 0.0603. The van der Waals surface area contributed by atoms with Crippen molar-refractivity contribution in [3.05, 3.63) is 114 Å². The highest BCUT2D eigenvalue weighted by atomic mass is 16.5. The van der Waals surface area contributed by atoms with Gasteiger partial charge < -0.3 is 9.64 Å². The number of benzene rings is 3. The molecule has 0 atom stereocenters. The van der Waals surface area contributed by atoms with Gasteiger partial charge in [-0.2, -0.15) is 0 Å². The molecule has 1 heterocycles. The maximum atomic E-state index is 12.6. The van der Waals surface area contributed by atoms with Crippen molar-refractivity contribution in [2.75, 3.05) is 32.7 Å². The molecule has 4 heteroatoms. The van der Waals surface area contributed by atoms with Gasteiger partial charge in [0.15, 0.2) is 0 Å².